The smallest absolute Gasteiger partial charge is 0.246 e. The number of carbonyl (C=O) groups is 1. The predicted octanol–water partition coefficient (Wildman–Crippen LogP) is 2.24. The number of nitrogens with one attached hydrogen (secondary N) is 2. The Bertz CT molecular complexity index is 670. The van der Waals surface area contributed by atoms with Gasteiger partial charge in [-0.05, 0) is 25.3 Å². The van der Waals surface area contributed by atoms with Crippen LogP contribution in [0.1, 0.15) is 17.6 Å². The molecule has 3 rings (SSSR count). The van der Waals surface area contributed by atoms with Crippen molar-refractivity contribution >= 4 is 34.6 Å². The first kappa shape index (κ1) is 13.8. The summed E-state index contributed by atoms with van der Waals surface area (Å²) in [5, 5.41) is 8.07. The normalized spacial score (nSPS) is 16.9. The molecule has 0 saturated heterocycles. The van der Waals surface area contributed by atoms with E-state index in [1.165, 1.54) is 4.88 Å². The second-order valence-corrected chi connectivity index (χ2v) is 6.14. The Balaban J connectivity index is 1.96. The fourth-order valence-electron chi connectivity index (χ4n) is 2.27. The second-order valence-electron chi connectivity index (χ2n) is 5.11. The van der Waals surface area contributed by atoms with Gasteiger partial charge < -0.3 is 15.5 Å². The van der Waals surface area contributed by atoms with Crippen molar-refractivity contribution in [1.82, 2.24) is 9.97 Å². The van der Waals surface area contributed by atoms with Gasteiger partial charge in [-0.15, -0.1) is 11.3 Å². The predicted molar refractivity (Wildman–Crippen MR) is 84.9 cm³/mol. The number of fused-ring (bicyclic) bond motifs is 1. The Morgan fingerprint density at radius 2 is 2.24 bits per heavy atom. The molecule has 1 aliphatic rings. The zero-order valence-electron chi connectivity index (χ0n) is 12.2. The highest BCUT2D eigenvalue weighted by Gasteiger charge is 2.27. The number of aryl methyl sites for hydroxylation is 1. The van der Waals surface area contributed by atoms with Gasteiger partial charge in [0.1, 0.15) is 17.6 Å². The first-order valence-electron chi connectivity index (χ1n) is 6.74. The minimum absolute atomic E-state index is 0.0688. The Morgan fingerprint density at radius 3 is 2.95 bits per heavy atom. The van der Waals surface area contributed by atoms with Crippen LogP contribution in [0.3, 0.4) is 0 Å². The van der Waals surface area contributed by atoms with Crippen LogP contribution in [-0.2, 0) is 11.3 Å². The summed E-state index contributed by atoms with van der Waals surface area (Å²) in [5.41, 5.74) is 0.655. The molecule has 0 saturated carbocycles. The average Bonchev–Trinajstić information content (AvgIpc) is 2.92. The van der Waals surface area contributed by atoms with Crippen molar-refractivity contribution in [1.29, 1.82) is 0 Å². The minimum atomic E-state index is -0.290. The van der Waals surface area contributed by atoms with Crippen molar-refractivity contribution in [2.45, 2.75) is 26.4 Å². The van der Waals surface area contributed by atoms with E-state index in [-0.39, 0.29) is 11.9 Å². The highest BCUT2D eigenvalue weighted by Crippen LogP contribution is 2.33. The van der Waals surface area contributed by atoms with E-state index in [1.54, 1.807) is 11.3 Å². The molecule has 21 heavy (non-hydrogen) atoms. The maximum atomic E-state index is 11.9. The lowest BCUT2D eigenvalue weighted by Crippen LogP contribution is -2.38. The quantitative estimate of drug-likeness (QED) is 0.910. The van der Waals surface area contributed by atoms with Crippen LogP contribution in [0, 0.1) is 6.92 Å². The number of amides is 1. The zero-order valence-corrected chi connectivity index (χ0v) is 13.0. The lowest BCUT2D eigenvalue weighted by atomic mass is 10.2. The van der Waals surface area contributed by atoms with Gasteiger partial charge in [0.2, 0.25) is 5.91 Å². The number of hydrogen-bond acceptors (Lipinski definition) is 6. The third kappa shape index (κ3) is 2.69. The van der Waals surface area contributed by atoms with Crippen LogP contribution in [0.2, 0.25) is 0 Å². The molecule has 1 amide bonds. The molecule has 0 spiro atoms. The fraction of sp³-hybridized carbons (Fsp3) is 0.357. The molecule has 2 N–H and O–H groups in total. The van der Waals surface area contributed by atoms with Crippen molar-refractivity contribution in [2.75, 3.05) is 22.6 Å². The summed E-state index contributed by atoms with van der Waals surface area (Å²) in [6.45, 7) is 4.41. The molecular weight excluding hydrogens is 286 g/mol. The molecule has 0 radical (unpaired) electrons. The maximum Gasteiger partial charge on any atom is 0.246 e. The Kier molecular flexibility index (Phi) is 3.50. The van der Waals surface area contributed by atoms with Gasteiger partial charge in [0.25, 0.3) is 0 Å². The highest BCUT2D eigenvalue weighted by atomic mass is 32.1. The van der Waals surface area contributed by atoms with E-state index in [1.807, 2.05) is 31.9 Å². The van der Waals surface area contributed by atoms with Crippen LogP contribution in [0.4, 0.5) is 17.3 Å². The van der Waals surface area contributed by atoms with E-state index in [0.717, 1.165) is 12.4 Å². The molecule has 0 bridgehead atoms. The summed E-state index contributed by atoms with van der Waals surface area (Å²) >= 11 is 1.70. The highest BCUT2D eigenvalue weighted by molar-refractivity contribution is 7.09. The molecule has 7 heteroatoms. The molecule has 0 aromatic carbocycles. The summed E-state index contributed by atoms with van der Waals surface area (Å²) in [7, 11) is 1.96. The van der Waals surface area contributed by atoms with Crippen molar-refractivity contribution in [3.8, 4) is 0 Å². The zero-order chi connectivity index (χ0) is 15.0. The van der Waals surface area contributed by atoms with Gasteiger partial charge in [-0.3, -0.25) is 4.79 Å². The number of rotatable bonds is 3. The number of anilines is 3. The monoisotopic (exact) mass is 303 g/mol. The van der Waals surface area contributed by atoms with Gasteiger partial charge in [-0.25, -0.2) is 9.97 Å². The van der Waals surface area contributed by atoms with Gasteiger partial charge in [0.05, 0.1) is 6.54 Å². The first-order valence-corrected chi connectivity index (χ1v) is 7.62. The first-order chi connectivity index (χ1) is 10.0. The molecule has 3 heterocycles. The summed E-state index contributed by atoms with van der Waals surface area (Å²) in [6, 6.07) is 3.82. The van der Waals surface area contributed by atoms with Crippen molar-refractivity contribution in [3.63, 3.8) is 0 Å². The fourth-order valence-corrected chi connectivity index (χ4v) is 3.02. The van der Waals surface area contributed by atoms with E-state index in [4.69, 9.17) is 0 Å². The summed E-state index contributed by atoms with van der Waals surface area (Å²) in [6.07, 6.45) is 0. The molecule has 0 aliphatic carbocycles. The third-order valence-electron chi connectivity index (χ3n) is 3.33. The lowest BCUT2D eigenvalue weighted by Gasteiger charge is -2.28. The van der Waals surface area contributed by atoms with E-state index in [9.17, 15) is 4.79 Å². The standard InChI is InChI=1S/C14H17N5OS/c1-8-14(20)18-11-12(15-8)16-9(2)17-13(11)19(3)7-10-5-4-6-21-10/h4-6,8H,7H2,1-3H3,(H,18,20)(H,15,16,17). The van der Waals surface area contributed by atoms with E-state index in [0.29, 0.717) is 17.3 Å². The molecule has 1 unspecified atom stereocenters. The largest absolute Gasteiger partial charge is 0.357 e. The van der Waals surface area contributed by atoms with Crippen LogP contribution in [0.25, 0.3) is 0 Å². The van der Waals surface area contributed by atoms with E-state index < -0.39 is 0 Å². The third-order valence-corrected chi connectivity index (χ3v) is 4.19. The number of nitrogens with zero attached hydrogens (tertiary/aromatic N) is 3. The minimum Gasteiger partial charge on any atom is -0.357 e. The van der Waals surface area contributed by atoms with Gasteiger partial charge >= 0.3 is 0 Å². The molecule has 6 nitrogen and oxygen atoms in total. The summed E-state index contributed by atoms with van der Waals surface area (Å²) < 4.78 is 0. The summed E-state index contributed by atoms with van der Waals surface area (Å²) in [4.78, 5) is 24.0. The Labute approximate surface area is 127 Å². The molecule has 2 aromatic heterocycles. The number of aromatic nitrogens is 2. The van der Waals surface area contributed by atoms with Gasteiger partial charge in [0, 0.05) is 11.9 Å². The summed E-state index contributed by atoms with van der Waals surface area (Å²) in [5.74, 6) is 2.03. The average molecular weight is 303 g/mol. The molecule has 1 atom stereocenters. The SMILES string of the molecule is Cc1nc2c(c(N(C)Cc3cccs3)n1)NC(=O)C(C)N2. The molecule has 0 fully saturated rings. The van der Waals surface area contributed by atoms with Crippen LogP contribution in [0.15, 0.2) is 17.5 Å². The van der Waals surface area contributed by atoms with Crippen LogP contribution >= 0.6 is 11.3 Å². The van der Waals surface area contributed by atoms with Crippen LogP contribution < -0.4 is 15.5 Å². The molecule has 110 valence electrons. The Morgan fingerprint density at radius 1 is 1.43 bits per heavy atom. The van der Waals surface area contributed by atoms with Crippen LogP contribution in [0.5, 0.6) is 0 Å². The van der Waals surface area contributed by atoms with Crippen molar-refractivity contribution in [2.24, 2.45) is 0 Å². The number of carbonyl (C=O) groups excluding carboxylic acids is 1. The second kappa shape index (κ2) is 5.33. The number of thiophene rings is 1. The van der Waals surface area contributed by atoms with E-state index in [2.05, 4.69) is 32.0 Å². The lowest BCUT2D eigenvalue weighted by molar-refractivity contribution is -0.116. The van der Waals surface area contributed by atoms with Gasteiger partial charge in [-0.1, -0.05) is 6.07 Å². The molecular formula is C14H17N5OS. The topological polar surface area (TPSA) is 70.2 Å². The van der Waals surface area contributed by atoms with Gasteiger partial charge in [-0.2, -0.15) is 0 Å². The van der Waals surface area contributed by atoms with Crippen LogP contribution in [-0.4, -0.2) is 29.0 Å². The molecule has 1 aliphatic heterocycles. The van der Waals surface area contributed by atoms with Crippen molar-refractivity contribution in [3.05, 3.63) is 28.2 Å². The van der Waals surface area contributed by atoms with Gasteiger partial charge in [0.15, 0.2) is 11.6 Å². The van der Waals surface area contributed by atoms with E-state index >= 15 is 0 Å². The number of hydrogen-bond donors (Lipinski definition) is 2. The maximum absolute atomic E-state index is 11.9. The Hall–Kier alpha value is -2.15. The van der Waals surface area contributed by atoms with Crippen molar-refractivity contribution < 1.29 is 4.79 Å². The molecule has 2 aromatic rings.